The van der Waals surface area contributed by atoms with E-state index < -0.39 is 0 Å². The first-order chi connectivity index (χ1) is 9.72. The molecule has 0 saturated carbocycles. The number of carbonyl (C=O) groups excluding carboxylic acids is 1. The minimum Gasteiger partial charge on any atom is -0.384 e. The van der Waals surface area contributed by atoms with Crippen molar-refractivity contribution in [2.24, 2.45) is 7.05 Å². The summed E-state index contributed by atoms with van der Waals surface area (Å²) in [4.78, 5) is 12.1. The Bertz CT molecular complexity index is 633. The Morgan fingerprint density at radius 3 is 3.20 bits per heavy atom. The van der Waals surface area contributed by atoms with E-state index in [4.69, 9.17) is 0 Å². The van der Waals surface area contributed by atoms with Crippen LogP contribution >= 0.6 is 0 Å². The van der Waals surface area contributed by atoms with Crippen molar-refractivity contribution >= 4 is 11.6 Å². The number of amides is 1. The predicted molar refractivity (Wildman–Crippen MR) is 77.9 cm³/mol. The molecule has 0 spiro atoms. The Morgan fingerprint density at radius 1 is 1.50 bits per heavy atom. The molecule has 5 heteroatoms. The molecule has 1 aliphatic heterocycles. The Morgan fingerprint density at radius 2 is 2.40 bits per heavy atom. The minimum absolute atomic E-state index is 0.0106. The fourth-order valence-electron chi connectivity index (χ4n) is 2.47. The van der Waals surface area contributed by atoms with Gasteiger partial charge in [0.1, 0.15) is 0 Å². The van der Waals surface area contributed by atoms with E-state index >= 15 is 0 Å². The van der Waals surface area contributed by atoms with Crippen molar-refractivity contribution in [1.82, 2.24) is 15.1 Å². The lowest BCUT2D eigenvalue weighted by Gasteiger charge is -2.06. The molecule has 0 atom stereocenters. The molecule has 0 saturated heterocycles. The second kappa shape index (κ2) is 5.36. The number of carbonyl (C=O) groups is 1. The Kier molecular flexibility index (Phi) is 3.41. The molecule has 1 aliphatic rings. The lowest BCUT2D eigenvalue weighted by Crippen LogP contribution is -2.25. The average molecular weight is 270 g/mol. The van der Waals surface area contributed by atoms with Gasteiger partial charge in [0.2, 0.25) is 0 Å². The van der Waals surface area contributed by atoms with Crippen molar-refractivity contribution in [2.45, 2.75) is 12.8 Å². The van der Waals surface area contributed by atoms with Crippen LogP contribution in [0.5, 0.6) is 0 Å². The summed E-state index contributed by atoms with van der Waals surface area (Å²) in [5, 5.41) is 10.4. The summed E-state index contributed by atoms with van der Waals surface area (Å²) in [5.74, 6) is -0.0106. The lowest BCUT2D eigenvalue weighted by atomic mass is 10.1. The summed E-state index contributed by atoms with van der Waals surface area (Å²) in [6.07, 6.45) is 5.58. The molecular weight excluding hydrogens is 252 g/mol. The summed E-state index contributed by atoms with van der Waals surface area (Å²) >= 11 is 0. The first-order valence-corrected chi connectivity index (χ1v) is 6.85. The van der Waals surface area contributed by atoms with Gasteiger partial charge in [-0.1, -0.05) is 0 Å². The monoisotopic (exact) mass is 270 g/mol. The molecule has 0 unspecified atom stereocenters. The minimum atomic E-state index is -0.0106. The number of aryl methyl sites for hydroxylation is 1. The van der Waals surface area contributed by atoms with Crippen LogP contribution in [0.2, 0.25) is 0 Å². The number of nitrogens with one attached hydrogen (secondary N) is 2. The Balaban J connectivity index is 1.56. The molecule has 104 valence electrons. The molecule has 0 radical (unpaired) electrons. The van der Waals surface area contributed by atoms with Crippen molar-refractivity contribution in [3.8, 4) is 0 Å². The SMILES string of the molecule is Cn1cc(CCNC(=O)c2ccc3c(c2)CCN3)cn1. The molecule has 1 amide bonds. The first kappa shape index (κ1) is 12.7. The lowest BCUT2D eigenvalue weighted by molar-refractivity contribution is 0.0954. The zero-order chi connectivity index (χ0) is 13.9. The highest BCUT2D eigenvalue weighted by molar-refractivity contribution is 5.95. The van der Waals surface area contributed by atoms with Crippen LogP contribution in [0, 0.1) is 0 Å². The molecule has 1 aromatic carbocycles. The number of aromatic nitrogens is 2. The Hall–Kier alpha value is -2.30. The number of anilines is 1. The highest BCUT2D eigenvalue weighted by Gasteiger charge is 2.13. The van der Waals surface area contributed by atoms with E-state index in [1.54, 1.807) is 4.68 Å². The molecular formula is C15H18N4O. The number of nitrogens with zero attached hydrogens (tertiary/aromatic N) is 2. The van der Waals surface area contributed by atoms with E-state index in [0.717, 1.165) is 36.2 Å². The van der Waals surface area contributed by atoms with Gasteiger partial charge in [0, 0.05) is 37.6 Å². The van der Waals surface area contributed by atoms with E-state index in [1.807, 2.05) is 37.6 Å². The van der Waals surface area contributed by atoms with Crippen LogP contribution in [0.15, 0.2) is 30.6 Å². The van der Waals surface area contributed by atoms with E-state index in [1.165, 1.54) is 5.56 Å². The van der Waals surface area contributed by atoms with Gasteiger partial charge < -0.3 is 10.6 Å². The van der Waals surface area contributed by atoms with Gasteiger partial charge in [-0.15, -0.1) is 0 Å². The fraction of sp³-hybridized carbons (Fsp3) is 0.333. The molecule has 1 aromatic heterocycles. The second-order valence-corrected chi connectivity index (χ2v) is 5.08. The van der Waals surface area contributed by atoms with Crippen LogP contribution < -0.4 is 10.6 Å². The molecule has 0 bridgehead atoms. The number of hydrogen-bond acceptors (Lipinski definition) is 3. The second-order valence-electron chi connectivity index (χ2n) is 5.08. The van der Waals surface area contributed by atoms with Gasteiger partial charge in [-0.25, -0.2) is 0 Å². The summed E-state index contributed by atoms with van der Waals surface area (Å²) in [6.45, 7) is 1.58. The molecule has 0 fully saturated rings. The number of hydrogen-bond donors (Lipinski definition) is 2. The zero-order valence-corrected chi connectivity index (χ0v) is 11.5. The van der Waals surface area contributed by atoms with Crippen molar-refractivity contribution < 1.29 is 4.79 Å². The number of fused-ring (bicyclic) bond motifs is 1. The van der Waals surface area contributed by atoms with Crippen LogP contribution in [0.25, 0.3) is 0 Å². The average Bonchev–Trinajstić information content (AvgIpc) is 3.06. The smallest absolute Gasteiger partial charge is 0.251 e. The molecule has 0 aliphatic carbocycles. The van der Waals surface area contributed by atoms with Crippen LogP contribution in [0.3, 0.4) is 0 Å². The van der Waals surface area contributed by atoms with Gasteiger partial charge in [0.25, 0.3) is 5.91 Å². The fourth-order valence-corrected chi connectivity index (χ4v) is 2.47. The van der Waals surface area contributed by atoms with Crippen LogP contribution in [-0.2, 0) is 19.9 Å². The summed E-state index contributed by atoms with van der Waals surface area (Å²) in [6, 6.07) is 5.84. The van der Waals surface area contributed by atoms with E-state index in [9.17, 15) is 4.79 Å². The molecule has 2 aromatic rings. The molecule has 2 heterocycles. The van der Waals surface area contributed by atoms with E-state index in [2.05, 4.69) is 15.7 Å². The third-order valence-corrected chi connectivity index (χ3v) is 3.53. The van der Waals surface area contributed by atoms with Crippen LogP contribution in [-0.4, -0.2) is 28.8 Å². The van der Waals surface area contributed by atoms with Crippen LogP contribution in [0.4, 0.5) is 5.69 Å². The largest absolute Gasteiger partial charge is 0.384 e. The number of rotatable bonds is 4. The Labute approximate surface area is 118 Å². The first-order valence-electron chi connectivity index (χ1n) is 6.85. The van der Waals surface area contributed by atoms with Gasteiger partial charge >= 0.3 is 0 Å². The summed E-state index contributed by atoms with van der Waals surface area (Å²) in [7, 11) is 1.89. The van der Waals surface area contributed by atoms with Crippen molar-refractivity contribution in [2.75, 3.05) is 18.4 Å². The third-order valence-electron chi connectivity index (χ3n) is 3.53. The van der Waals surface area contributed by atoms with Crippen molar-refractivity contribution in [1.29, 1.82) is 0 Å². The maximum Gasteiger partial charge on any atom is 0.251 e. The number of benzene rings is 1. The highest BCUT2D eigenvalue weighted by Crippen LogP contribution is 2.22. The quantitative estimate of drug-likeness (QED) is 0.882. The van der Waals surface area contributed by atoms with Gasteiger partial charge in [0.15, 0.2) is 0 Å². The molecule has 3 rings (SSSR count). The van der Waals surface area contributed by atoms with E-state index in [0.29, 0.717) is 6.54 Å². The maximum absolute atomic E-state index is 12.1. The molecule has 5 nitrogen and oxygen atoms in total. The van der Waals surface area contributed by atoms with Crippen molar-refractivity contribution in [3.63, 3.8) is 0 Å². The van der Waals surface area contributed by atoms with Gasteiger partial charge in [-0.2, -0.15) is 5.10 Å². The highest BCUT2D eigenvalue weighted by atomic mass is 16.1. The molecule has 20 heavy (non-hydrogen) atoms. The third kappa shape index (κ3) is 2.66. The van der Waals surface area contributed by atoms with Gasteiger partial charge in [0.05, 0.1) is 6.20 Å². The maximum atomic E-state index is 12.1. The van der Waals surface area contributed by atoms with Crippen molar-refractivity contribution in [3.05, 3.63) is 47.3 Å². The topological polar surface area (TPSA) is 59.0 Å². The van der Waals surface area contributed by atoms with Gasteiger partial charge in [-0.3, -0.25) is 9.48 Å². The van der Waals surface area contributed by atoms with Crippen LogP contribution in [0.1, 0.15) is 21.5 Å². The van der Waals surface area contributed by atoms with E-state index in [-0.39, 0.29) is 5.91 Å². The normalized spacial score (nSPS) is 12.8. The standard InChI is InChI=1S/C15H18N4O/c1-19-10-11(9-18-19)4-6-17-15(20)13-2-3-14-12(8-13)5-7-16-14/h2-3,8-10,16H,4-7H2,1H3,(H,17,20). The summed E-state index contributed by atoms with van der Waals surface area (Å²) < 4.78 is 1.77. The molecule has 2 N–H and O–H groups in total. The summed E-state index contributed by atoms with van der Waals surface area (Å²) in [5.41, 5.74) is 4.24. The zero-order valence-electron chi connectivity index (χ0n) is 11.5. The predicted octanol–water partition coefficient (Wildman–Crippen LogP) is 1.36. The van der Waals surface area contributed by atoms with Gasteiger partial charge in [-0.05, 0) is 42.2 Å².